The van der Waals surface area contributed by atoms with E-state index in [4.69, 9.17) is 0 Å². The predicted molar refractivity (Wildman–Crippen MR) is 78.0 cm³/mol. The Morgan fingerprint density at radius 1 is 1.58 bits per heavy atom. The Bertz CT molecular complexity index is 381. The number of rotatable bonds is 2. The van der Waals surface area contributed by atoms with E-state index < -0.39 is 0 Å². The molecule has 1 aliphatic rings. The molecular weight excluding hydrogens is 310 g/mol. The van der Waals surface area contributed by atoms with E-state index in [9.17, 15) is 4.79 Å². The molecule has 1 unspecified atom stereocenters. The first-order chi connectivity index (χ1) is 8.92. The Labute approximate surface area is 122 Å². The van der Waals surface area contributed by atoms with Crippen LogP contribution in [0.3, 0.4) is 0 Å². The molecule has 108 valence electrons. The monoisotopic (exact) mass is 331 g/mol. The summed E-state index contributed by atoms with van der Waals surface area (Å²) in [7, 11) is 0. The molecule has 0 spiro atoms. The molecule has 1 aromatic heterocycles. The summed E-state index contributed by atoms with van der Waals surface area (Å²) < 4.78 is 7.65. The molecular formula is C13H22BrN3O2. The lowest BCUT2D eigenvalue weighted by molar-refractivity contribution is -0.138. The van der Waals surface area contributed by atoms with Crippen molar-refractivity contribution in [1.29, 1.82) is 0 Å². The zero-order chi connectivity index (χ0) is 14.3. The zero-order valence-corrected chi connectivity index (χ0v) is 13.3. The highest BCUT2D eigenvalue weighted by Crippen LogP contribution is 2.17. The maximum atomic E-state index is 9.60. The number of carbonyl (C=O) groups is 1. The number of piperidine rings is 1. The van der Waals surface area contributed by atoms with E-state index in [0.717, 1.165) is 17.6 Å². The number of ether oxygens (including phenoxy) is 1. The molecule has 1 N–H and O–H groups in total. The minimum absolute atomic E-state index is 0.318. The minimum Gasteiger partial charge on any atom is -0.462 e. The first-order valence-electron chi connectivity index (χ1n) is 6.44. The maximum absolute atomic E-state index is 9.60. The van der Waals surface area contributed by atoms with Crippen molar-refractivity contribution in [3.05, 3.63) is 16.9 Å². The van der Waals surface area contributed by atoms with Gasteiger partial charge < -0.3 is 10.1 Å². The lowest BCUT2D eigenvalue weighted by atomic mass is 10.1. The SMILES string of the molecule is Brc1cnn(C2CCCNC2)c1.CC(C)(C)OC=O. The van der Waals surface area contributed by atoms with Gasteiger partial charge in [0.25, 0.3) is 6.47 Å². The van der Waals surface area contributed by atoms with E-state index in [1.54, 1.807) is 0 Å². The first-order valence-corrected chi connectivity index (χ1v) is 7.23. The van der Waals surface area contributed by atoms with Crippen LogP contribution in [-0.2, 0) is 9.53 Å². The Hall–Kier alpha value is -0.880. The second-order valence-electron chi connectivity index (χ2n) is 5.47. The third kappa shape index (κ3) is 6.73. The van der Waals surface area contributed by atoms with Crippen molar-refractivity contribution < 1.29 is 9.53 Å². The van der Waals surface area contributed by atoms with Crippen LogP contribution in [0.4, 0.5) is 0 Å². The molecule has 1 atom stereocenters. The van der Waals surface area contributed by atoms with Crippen LogP contribution in [0.1, 0.15) is 39.7 Å². The van der Waals surface area contributed by atoms with Gasteiger partial charge in [0.15, 0.2) is 0 Å². The third-order valence-electron chi connectivity index (χ3n) is 2.62. The molecule has 0 saturated carbocycles. The number of halogens is 1. The van der Waals surface area contributed by atoms with Gasteiger partial charge in [0, 0.05) is 12.7 Å². The highest BCUT2D eigenvalue weighted by Gasteiger charge is 2.14. The van der Waals surface area contributed by atoms with Crippen LogP contribution in [-0.4, -0.2) is 34.9 Å². The maximum Gasteiger partial charge on any atom is 0.293 e. The molecule has 2 heterocycles. The fourth-order valence-electron chi connectivity index (χ4n) is 1.72. The van der Waals surface area contributed by atoms with E-state index in [0.29, 0.717) is 12.5 Å². The van der Waals surface area contributed by atoms with Gasteiger partial charge in [-0.1, -0.05) is 0 Å². The minimum atomic E-state index is -0.318. The smallest absolute Gasteiger partial charge is 0.293 e. The third-order valence-corrected chi connectivity index (χ3v) is 3.03. The topological polar surface area (TPSA) is 56.1 Å². The van der Waals surface area contributed by atoms with Gasteiger partial charge in [-0.3, -0.25) is 9.48 Å². The summed E-state index contributed by atoms with van der Waals surface area (Å²) in [6, 6.07) is 0.546. The van der Waals surface area contributed by atoms with Crippen molar-refractivity contribution in [2.75, 3.05) is 13.1 Å². The van der Waals surface area contributed by atoms with E-state index in [1.807, 2.05) is 37.8 Å². The van der Waals surface area contributed by atoms with Crippen LogP contribution in [0.15, 0.2) is 16.9 Å². The van der Waals surface area contributed by atoms with Crippen LogP contribution in [0.25, 0.3) is 0 Å². The van der Waals surface area contributed by atoms with Crippen LogP contribution >= 0.6 is 15.9 Å². The predicted octanol–water partition coefficient (Wildman–Crippen LogP) is 2.53. The highest BCUT2D eigenvalue weighted by atomic mass is 79.9. The normalized spacial score (nSPS) is 19.3. The molecule has 19 heavy (non-hydrogen) atoms. The van der Waals surface area contributed by atoms with Gasteiger partial charge in [-0.15, -0.1) is 0 Å². The van der Waals surface area contributed by atoms with Gasteiger partial charge in [-0.25, -0.2) is 0 Å². The number of hydrogen-bond donors (Lipinski definition) is 1. The van der Waals surface area contributed by atoms with Crippen LogP contribution in [0.2, 0.25) is 0 Å². The highest BCUT2D eigenvalue weighted by molar-refractivity contribution is 9.10. The van der Waals surface area contributed by atoms with Crippen LogP contribution in [0, 0.1) is 0 Å². The lowest BCUT2D eigenvalue weighted by Crippen LogP contribution is -2.31. The summed E-state index contributed by atoms with van der Waals surface area (Å²) in [5.74, 6) is 0. The molecule has 1 fully saturated rings. The summed E-state index contributed by atoms with van der Waals surface area (Å²) in [4.78, 5) is 9.60. The molecule has 0 bridgehead atoms. The van der Waals surface area contributed by atoms with Gasteiger partial charge in [-0.2, -0.15) is 5.10 Å². The number of carbonyl (C=O) groups excluding carboxylic acids is 1. The van der Waals surface area contributed by atoms with Crippen molar-refractivity contribution in [3.8, 4) is 0 Å². The second-order valence-corrected chi connectivity index (χ2v) is 6.38. The number of nitrogens with one attached hydrogen (secondary N) is 1. The van der Waals surface area contributed by atoms with Gasteiger partial charge in [0.1, 0.15) is 5.60 Å². The van der Waals surface area contributed by atoms with Crippen molar-refractivity contribution in [2.45, 2.75) is 45.3 Å². The van der Waals surface area contributed by atoms with Gasteiger partial charge in [-0.05, 0) is 56.1 Å². The largest absolute Gasteiger partial charge is 0.462 e. The van der Waals surface area contributed by atoms with Crippen molar-refractivity contribution >= 4 is 22.4 Å². The summed E-state index contributed by atoms with van der Waals surface area (Å²) >= 11 is 3.40. The molecule has 6 heteroatoms. The summed E-state index contributed by atoms with van der Waals surface area (Å²) in [5, 5.41) is 7.64. The van der Waals surface area contributed by atoms with Crippen molar-refractivity contribution in [3.63, 3.8) is 0 Å². The average Bonchev–Trinajstić information content (AvgIpc) is 2.76. The Kier molecular flexibility index (Phi) is 6.51. The van der Waals surface area contributed by atoms with Crippen LogP contribution < -0.4 is 5.32 Å². The summed E-state index contributed by atoms with van der Waals surface area (Å²) in [6.45, 7) is 8.12. The number of aromatic nitrogens is 2. The summed E-state index contributed by atoms with van der Waals surface area (Å²) in [6.07, 6.45) is 6.37. The molecule has 0 aliphatic carbocycles. The van der Waals surface area contributed by atoms with Crippen molar-refractivity contribution in [2.24, 2.45) is 0 Å². The molecule has 0 amide bonds. The van der Waals surface area contributed by atoms with E-state index in [1.165, 1.54) is 12.8 Å². The molecule has 2 rings (SSSR count). The number of nitrogens with zero attached hydrogens (tertiary/aromatic N) is 2. The Morgan fingerprint density at radius 2 is 2.32 bits per heavy atom. The second kappa shape index (κ2) is 7.65. The van der Waals surface area contributed by atoms with E-state index in [2.05, 4.69) is 31.1 Å². The molecule has 1 saturated heterocycles. The zero-order valence-electron chi connectivity index (χ0n) is 11.7. The van der Waals surface area contributed by atoms with Crippen LogP contribution in [0.5, 0.6) is 0 Å². The molecule has 0 aromatic carbocycles. The van der Waals surface area contributed by atoms with E-state index in [-0.39, 0.29) is 5.60 Å². The fraction of sp³-hybridized carbons (Fsp3) is 0.692. The Balaban J connectivity index is 0.000000224. The number of hydrogen-bond acceptors (Lipinski definition) is 4. The Morgan fingerprint density at radius 3 is 2.68 bits per heavy atom. The molecule has 0 radical (unpaired) electrons. The van der Waals surface area contributed by atoms with Gasteiger partial charge in [0.05, 0.1) is 16.7 Å². The molecule has 1 aromatic rings. The van der Waals surface area contributed by atoms with Gasteiger partial charge in [0.2, 0.25) is 0 Å². The van der Waals surface area contributed by atoms with Crippen molar-refractivity contribution in [1.82, 2.24) is 15.1 Å². The van der Waals surface area contributed by atoms with E-state index >= 15 is 0 Å². The van der Waals surface area contributed by atoms with Gasteiger partial charge >= 0.3 is 0 Å². The molecule has 1 aliphatic heterocycles. The lowest BCUT2D eigenvalue weighted by Gasteiger charge is -2.22. The first kappa shape index (κ1) is 16.2. The molecule has 5 nitrogen and oxygen atoms in total. The quantitative estimate of drug-likeness (QED) is 0.846. The summed E-state index contributed by atoms with van der Waals surface area (Å²) in [5.41, 5.74) is -0.318. The average molecular weight is 332 g/mol. The fourth-order valence-corrected chi connectivity index (χ4v) is 2.02. The standard InChI is InChI=1S/C8H12BrN3.C5H10O2/c9-7-4-11-12(6-7)8-2-1-3-10-5-8;1-5(2,3)7-4-6/h4,6,8,10H,1-3,5H2;4H,1-3H3.